The van der Waals surface area contributed by atoms with Crippen molar-refractivity contribution in [3.8, 4) is 23.0 Å². The fourth-order valence-corrected chi connectivity index (χ4v) is 6.79. The molecule has 2 N–H and O–H groups in total. The van der Waals surface area contributed by atoms with Crippen LogP contribution in [0.2, 0.25) is 0 Å². The summed E-state index contributed by atoms with van der Waals surface area (Å²) >= 11 is 0. The summed E-state index contributed by atoms with van der Waals surface area (Å²) in [5.41, 5.74) is 0.315. The van der Waals surface area contributed by atoms with Crippen LogP contribution in [0.3, 0.4) is 0 Å². The minimum Gasteiger partial charge on any atom is -0.508 e. The molecule has 0 spiro atoms. The number of benzene rings is 2. The number of anilines is 1. The van der Waals surface area contributed by atoms with Crippen LogP contribution in [-0.2, 0) is 0 Å². The van der Waals surface area contributed by atoms with E-state index in [0.29, 0.717) is 36.3 Å². The van der Waals surface area contributed by atoms with E-state index < -0.39 is 12.0 Å². The second-order valence-corrected chi connectivity index (χ2v) is 11.3. The Morgan fingerprint density at radius 2 is 2.05 bits per heavy atom. The molecule has 4 aromatic rings. The minimum absolute atomic E-state index is 0.0279. The van der Waals surface area contributed by atoms with Gasteiger partial charge in [0.15, 0.2) is 5.82 Å². The van der Waals surface area contributed by atoms with E-state index in [9.17, 15) is 9.50 Å². The van der Waals surface area contributed by atoms with Crippen LogP contribution >= 0.6 is 0 Å². The van der Waals surface area contributed by atoms with E-state index in [4.69, 9.17) is 9.72 Å². The van der Waals surface area contributed by atoms with Crippen LogP contribution in [0, 0.1) is 5.82 Å². The van der Waals surface area contributed by atoms with Gasteiger partial charge in [0.2, 0.25) is 0 Å². The van der Waals surface area contributed by atoms with Crippen molar-refractivity contribution in [2.45, 2.75) is 43.9 Å². The quantitative estimate of drug-likeness (QED) is 0.380. The highest BCUT2D eigenvalue weighted by molar-refractivity contribution is 5.99. The lowest BCUT2D eigenvalue weighted by molar-refractivity contribution is 0.107. The number of alkyl halides is 1. The summed E-state index contributed by atoms with van der Waals surface area (Å²) in [6, 6.07) is 10.9. The van der Waals surface area contributed by atoms with Crippen LogP contribution in [0.4, 0.5) is 14.6 Å². The Morgan fingerprint density at radius 3 is 2.92 bits per heavy atom. The van der Waals surface area contributed by atoms with Crippen LogP contribution in [0.25, 0.3) is 32.9 Å². The summed E-state index contributed by atoms with van der Waals surface area (Å²) in [7, 11) is 0. The maximum absolute atomic E-state index is 16.5. The molecule has 0 bridgehead atoms. The summed E-state index contributed by atoms with van der Waals surface area (Å²) in [4.78, 5) is 18.2. The number of ether oxygens (including phenoxy) is 1. The average Bonchev–Trinajstić information content (AvgIpc) is 3.47. The summed E-state index contributed by atoms with van der Waals surface area (Å²) < 4.78 is 37.0. The molecular weight excluding hydrogens is 514 g/mol. The number of piperazine rings is 1. The second kappa shape index (κ2) is 9.78. The third-order valence-corrected chi connectivity index (χ3v) is 8.75. The molecule has 10 heteroatoms. The Hall–Kier alpha value is -3.63. The molecule has 0 unspecified atom stereocenters. The highest BCUT2D eigenvalue weighted by atomic mass is 19.1. The van der Waals surface area contributed by atoms with Crippen LogP contribution < -0.4 is 15.0 Å². The number of aromatic hydroxyl groups is 1. The third-order valence-electron chi connectivity index (χ3n) is 8.75. The molecule has 208 valence electrons. The summed E-state index contributed by atoms with van der Waals surface area (Å²) in [6.45, 7) is 5.85. The number of fused-ring (bicyclic) bond motifs is 3. The normalized spacial score (nSPS) is 25.1. The van der Waals surface area contributed by atoms with E-state index >= 15 is 4.39 Å². The van der Waals surface area contributed by atoms with Gasteiger partial charge < -0.3 is 20.1 Å². The molecule has 0 saturated carbocycles. The first kappa shape index (κ1) is 25.3. The molecule has 7 rings (SSSR count). The van der Waals surface area contributed by atoms with E-state index in [0.717, 1.165) is 43.2 Å². The zero-order valence-corrected chi connectivity index (χ0v) is 22.4. The predicted octanol–water partition coefficient (Wildman–Crippen LogP) is 4.44. The Kier molecular flexibility index (Phi) is 6.20. The molecule has 0 radical (unpaired) electrons. The molecule has 3 aliphatic rings. The van der Waals surface area contributed by atoms with Crippen molar-refractivity contribution in [1.82, 2.24) is 25.2 Å². The molecule has 0 aliphatic carbocycles. The molecule has 2 aromatic heterocycles. The molecular formula is C30H32F2N6O2. The second-order valence-electron chi connectivity index (χ2n) is 11.3. The van der Waals surface area contributed by atoms with Gasteiger partial charge in [-0.25, -0.2) is 8.78 Å². The Bertz CT molecular complexity index is 1600. The summed E-state index contributed by atoms with van der Waals surface area (Å²) in [5.74, 6) is -0.00156. The largest absolute Gasteiger partial charge is 0.508 e. The van der Waals surface area contributed by atoms with E-state index in [1.165, 1.54) is 6.07 Å². The van der Waals surface area contributed by atoms with Gasteiger partial charge in [0, 0.05) is 50.4 Å². The number of phenolic OH excluding ortho intramolecular Hbond substituents is 1. The van der Waals surface area contributed by atoms with Gasteiger partial charge in [-0.1, -0.05) is 24.3 Å². The first-order valence-electron chi connectivity index (χ1n) is 14.0. The molecule has 3 atom stereocenters. The molecule has 2 aromatic carbocycles. The standard InChI is InChI=1S/C30H32F2N6O2/c1-18-14-33-8-10-38(18)28-24-15-34-26(23-12-21(39)11-19-5-2-3-6-22(19)23)25(32)27(24)35-29(36-28)40-17-30-7-4-9-37(30)16-20(31)13-30/h2-3,5-6,11-12,15,18,20,33,39H,4,7-10,13-14,16-17H2,1H3/t18-,20+,30-/m0/s1. The SMILES string of the molecule is C[C@H]1CNCCN1c1nc(OC[C@@]23CCCN2C[C@H](F)C3)nc2c(F)c(-c3cc(O)cc4ccccc34)ncc12. The number of halogens is 2. The zero-order chi connectivity index (χ0) is 27.4. The monoisotopic (exact) mass is 546 g/mol. The Balaban J connectivity index is 1.35. The number of hydrogen-bond acceptors (Lipinski definition) is 8. The molecule has 0 amide bonds. The highest BCUT2D eigenvalue weighted by Gasteiger charge is 2.49. The van der Waals surface area contributed by atoms with Crippen molar-refractivity contribution in [3.05, 3.63) is 48.4 Å². The number of rotatable bonds is 5. The lowest BCUT2D eigenvalue weighted by Crippen LogP contribution is -2.50. The lowest BCUT2D eigenvalue weighted by atomic mass is 9.95. The summed E-state index contributed by atoms with van der Waals surface area (Å²) in [5, 5.41) is 15.8. The van der Waals surface area contributed by atoms with E-state index in [1.54, 1.807) is 12.3 Å². The smallest absolute Gasteiger partial charge is 0.319 e. The number of phenols is 1. The van der Waals surface area contributed by atoms with Crippen molar-refractivity contribution in [1.29, 1.82) is 0 Å². The maximum Gasteiger partial charge on any atom is 0.319 e. The molecule has 8 nitrogen and oxygen atoms in total. The number of nitrogens with zero attached hydrogens (tertiary/aromatic N) is 5. The fourth-order valence-electron chi connectivity index (χ4n) is 6.79. The van der Waals surface area contributed by atoms with Crippen LogP contribution in [0.15, 0.2) is 42.6 Å². The van der Waals surface area contributed by atoms with E-state index in [2.05, 4.69) is 32.0 Å². The van der Waals surface area contributed by atoms with Gasteiger partial charge in [0.25, 0.3) is 0 Å². The maximum atomic E-state index is 16.5. The molecule has 3 saturated heterocycles. The van der Waals surface area contributed by atoms with Gasteiger partial charge in [-0.3, -0.25) is 9.88 Å². The molecule has 5 heterocycles. The van der Waals surface area contributed by atoms with Crippen molar-refractivity contribution in [2.75, 3.05) is 44.2 Å². The van der Waals surface area contributed by atoms with Crippen molar-refractivity contribution >= 4 is 27.5 Å². The number of aromatic nitrogens is 3. The van der Waals surface area contributed by atoms with Gasteiger partial charge in [0.05, 0.1) is 10.9 Å². The van der Waals surface area contributed by atoms with Crippen molar-refractivity contribution in [3.63, 3.8) is 0 Å². The Morgan fingerprint density at radius 1 is 1.18 bits per heavy atom. The average molecular weight is 547 g/mol. The van der Waals surface area contributed by atoms with Crippen LogP contribution in [0.5, 0.6) is 11.8 Å². The van der Waals surface area contributed by atoms with Gasteiger partial charge in [-0.05, 0) is 49.2 Å². The van der Waals surface area contributed by atoms with Gasteiger partial charge in [-0.2, -0.15) is 9.97 Å². The van der Waals surface area contributed by atoms with Crippen LogP contribution in [0.1, 0.15) is 26.2 Å². The summed E-state index contributed by atoms with van der Waals surface area (Å²) in [6.07, 6.45) is 3.02. The van der Waals surface area contributed by atoms with E-state index in [1.807, 2.05) is 24.3 Å². The third kappa shape index (κ3) is 4.21. The molecule has 40 heavy (non-hydrogen) atoms. The van der Waals surface area contributed by atoms with Gasteiger partial charge >= 0.3 is 6.01 Å². The highest BCUT2D eigenvalue weighted by Crippen LogP contribution is 2.41. The van der Waals surface area contributed by atoms with Gasteiger partial charge in [0.1, 0.15) is 35.6 Å². The van der Waals surface area contributed by atoms with Gasteiger partial charge in [-0.15, -0.1) is 0 Å². The first-order chi connectivity index (χ1) is 19.4. The van der Waals surface area contributed by atoms with Crippen molar-refractivity contribution in [2.24, 2.45) is 0 Å². The number of pyridine rings is 1. The first-order valence-corrected chi connectivity index (χ1v) is 14.0. The minimum atomic E-state index is -0.873. The molecule has 3 fully saturated rings. The number of nitrogens with one attached hydrogen (secondary N) is 1. The fraction of sp³-hybridized carbons (Fsp3) is 0.433. The number of hydrogen-bond donors (Lipinski definition) is 2. The molecule has 3 aliphatic heterocycles. The lowest BCUT2D eigenvalue weighted by Gasteiger charge is -2.35. The van der Waals surface area contributed by atoms with Crippen molar-refractivity contribution < 1.29 is 18.6 Å². The topological polar surface area (TPSA) is 86.6 Å². The van der Waals surface area contributed by atoms with E-state index in [-0.39, 0.29) is 41.2 Å². The zero-order valence-electron chi connectivity index (χ0n) is 22.4. The Labute approximate surface area is 231 Å². The van der Waals surface area contributed by atoms with Crippen LogP contribution in [-0.4, -0.2) is 82.0 Å². The predicted molar refractivity (Wildman–Crippen MR) is 150 cm³/mol.